The number of carbonyl (C=O) groups is 1. The number of ether oxygens (including phenoxy) is 2. The summed E-state index contributed by atoms with van der Waals surface area (Å²) in [6.07, 6.45) is 0. The number of sulfonamides is 2. The highest BCUT2D eigenvalue weighted by Crippen LogP contribution is 2.30. The number of carbonyl (C=O) groups excluding carboxylic acids is 1. The van der Waals surface area contributed by atoms with Crippen LogP contribution in [0.25, 0.3) is 0 Å². The molecule has 0 atom stereocenters. The van der Waals surface area contributed by atoms with Crippen molar-refractivity contribution in [3.63, 3.8) is 0 Å². The second-order valence-electron chi connectivity index (χ2n) is 8.59. The number of benzene rings is 3. The van der Waals surface area contributed by atoms with Crippen LogP contribution >= 0.6 is 0 Å². The van der Waals surface area contributed by atoms with Gasteiger partial charge < -0.3 is 14.8 Å². The fourth-order valence-electron chi connectivity index (χ4n) is 4.02. The molecule has 0 aromatic heterocycles. The summed E-state index contributed by atoms with van der Waals surface area (Å²) in [6, 6.07) is 18.8. The predicted molar refractivity (Wildman–Crippen MR) is 143 cm³/mol. The number of rotatable bonds is 9. The van der Waals surface area contributed by atoms with E-state index in [0.29, 0.717) is 18.9 Å². The molecule has 0 saturated carbocycles. The van der Waals surface area contributed by atoms with Gasteiger partial charge in [0.1, 0.15) is 12.3 Å². The number of hydrogen-bond donors (Lipinski definition) is 1. The fraction of sp³-hybridized carbons (Fsp3) is 0.269. The first-order valence-corrected chi connectivity index (χ1v) is 14.7. The van der Waals surface area contributed by atoms with Gasteiger partial charge in [0.15, 0.2) is 0 Å². The van der Waals surface area contributed by atoms with Crippen molar-refractivity contribution < 1.29 is 31.1 Å². The van der Waals surface area contributed by atoms with Crippen LogP contribution < -0.4 is 14.4 Å². The summed E-state index contributed by atoms with van der Waals surface area (Å²) >= 11 is 0. The van der Waals surface area contributed by atoms with Crippen molar-refractivity contribution in [1.29, 1.82) is 0 Å². The molecule has 4 rings (SSSR count). The van der Waals surface area contributed by atoms with Gasteiger partial charge in [0, 0.05) is 13.1 Å². The van der Waals surface area contributed by atoms with E-state index in [-0.39, 0.29) is 34.3 Å². The molecule has 1 N–H and O–H groups in total. The number of nitrogens with zero attached hydrogens (tertiary/aromatic N) is 2. The smallest absolute Gasteiger partial charge is 0.264 e. The third kappa shape index (κ3) is 5.99. The molecule has 10 nitrogen and oxygen atoms in total. The van der Waals surface area contributed by atoms with Gasteiger partial charge in [-0.2, -0.15) is 4.31 Å². The van der Waals surface area contributed by atoms with Gasteiger partial charge in [-0.25, -0.2) is 16.8 Å². The standard InChI is InChI=1S/C26H29N3O7S2/c1-20-7-6-8-21(17-20)29(38(33,34)22-9-4-3-5-10-22)19-26(30)27-24-18-23(11-12-25(24)35-2)37(31,32)28-13-15-36-16-14-28/h3-12,17-18H,13-16,19H2,1-2H3,(H,27,30). The van der Waals surface area contributed by atoms with Crippen molar-refractivity contribution in [2.24, 2.45) is 0 Å². The largest absolute Gasteiger partial charge is 0.495 e. The quantitative estimate of drug-likeness (QED) is 0.428. The van der Waals surface area contributed by atoms with Gasteiger partial charge in [-0.3, -0.25) is 9.10 Å². The Morgan fingerprint density at radius 3 is 2.32 bits per heavy atom. The van der Waals surface area contributed by atoms with E-state index < -0.39 is 32.5 Å². The summed E-state index contributed by atoms with van der Waals surface area (Å²) < 4.78 is 66.3. The van der Waals surface area contributed by atoms with Gasteiger partial charge in [-0.15, -0.1) is 0 Å². The molecule has 202 valence electrons. The van der Waals surface area contributed by atoms with Crippen molar-refractivity contribution in [2.75, 3.05) is 49.6 Å². The highest BCUT2D eigenvalue weighted by molar-refractivity contribution is 7.92. The van der Waals surface area contributed by atoms with Crippen LogP contribution in [0.2, 0.25) is 0 Å². The summed E-state index contributed by atoms with van der Waals surface area (Å²) in [5, 5.41) is 2.64. The van der Waals surface area contributed by atoms with Crippen LogP contribution in [0.3, 0.4) is 0 Å². The van der Waals surface area contributed by atoms with Gasteiger partial charge in [0.2, 0.25) is 15.9 Å². The lowest BCUT2D eigenvalue weighted by Gasteiger charge is -2.26. The predicted octanol–water partition coefficient (Wildman–Crippen LogP) is 2.86. The minimum absolute atomic E-state index is 0.0250. The van der Waals surface area contributed by atoms with Crippen LogP contribution in [0.5, 0.6) is 5.75 Å². The molecule has 0 unspecified atom stereocenters. The maximum Gasteiger partial charge on any atom is 0.264 e. The Balaban J connectivity index is 1.65. The summed E-state index contributed by atoms with van der Waals surface area (Å²) in [6.45, 7) is 2.30. The molecule has 1 aliphatic rings. The molecule has 0 radical (unpaired) electrons. The fourth-order valence-corrected chi connectivity index (χ4v) is 6.89. The Labute approximate surface area is 222 Å². The van der Waals surface area contributed by atoms with E-state index in [1.165, 1.54) is 41.7 Å². The van der Waals surface area contributed by atoms with Crippen LogP contribution in [-0.2, 0) is 29.6 Å². The second kappa shape index (κ2) is 11.5. The number of hydrogen-bond acceptors (Lipinski definition) is 7. The number of anilines is 2. The Bertz CT molecular complexity index is 1500. The minimum atomic E-state index is -4.09. The Kier molecular flexibility index (Phi) is 8.36. The van der Waals surface area contributed by atoms with Crippen LogP contribution in [0, 0.1) is 6.92 Å². The molecule has 0 aliphatic carbocycles. The lowest BCUT2D eigenvalue weighted by molar-refractivity contribution is -0.114. The van der Waals surface area contributed by atoms with Gasteiger partial charge in [-0.1, -0.05) is 30.3 Å². The van der Waals surface area contributed by atoms with Crippen molar-refractivity contribution in [1.82, 2.24) is 4.31 Å². The molecule has 1 amide bonds. The van der Waals surface area contributed by atoms with Crippen molar-refractivity contribution in [3.05, 3.63) is 78.4 Å². The lowest BCUT2D eigenvalue weighted by Crippen LogP contribution is -2.40. The summed E-state index contributed by atoms with van der Waals surface area (Å²) in [5.74, 6) is -0.447. The van der Waals surface area contributed by atoms with Crippen LogP contribution in [0.15, 0.2) is 82.6 Å². The van der Waals surface area contributed by atoms with E-state index in [9.17, 15) is 21.6 Å². The highest BCUT2D eigenvalue weighted by Gasteiger charge is 2.29. The normalized spacial score (nSPS) is 14.6. The number of amides is 1. The topological polar surface area (TPSA) is 122 Å². The second-order valence-corrected chi connectivity index (χ2v) is 12.4. The average molecular weight is 560 g/mol. The third-order valence-electron chi connectivity index (χ3n) is 5.96. The molecule has 0 spiro atoms. The maximum atomic E-state index is 13.5. The molecule has 3 aromatic rings. The van der Waals surface area contributed by atoms with Gasteiger partial charge in [0.05, 0.1) is 41.5 Å². The molecule has 12 heteroatoms. The van der Waals surface area contributed by atoms with Gasteiger partial charge in [-0.05, 0) is 55.0 Å². The Morgan fingerprint density at radius 2 is 1.66 bits per heavy atom. The number of nitrogens with one attached hydrogen (secondary N) is 1. The zero-order valence-electron chi connectivity index (χ0n) is 21.0. The molecule has 1 fully saturated rings. The first-order valence-electron chi connectivity index (χ1n) is 11.8. The van der Waals surface area contributed by atoms with Crippen molar-refractivity contribution in [2.45, 2.75) is 16.7 Å². The molecule has 1 aliphatic heterocycles. The number of aryl methyl sites for hydroxylation is 1. The lowest BCUT2D eigenvalue weighted by atomic mass is 10.2. The molecule has 38 heavy (non-hydrogen) atoms. The average Bonchev–Trinajstić information content (AvgIpc) is 2.92. The number of methoxy groups -OCH3 is 1. The molecule has 1 heterocycles. The highest BCUT2D eigenvalue weighted by atomic mass is 32.2. The first-order chi connectivity index (χ1) is 18.1. The van der Waals surface area contributed by atoms with Gasteiger partial charge >= 0.3 is 0 Å². The number of morpholine rings is 1. The van der Waals surface area contributed by atoms with Crippen molar-refractivity contribution in [3.8, 4) is 5.75 Å². The first kappa shape index (κ1) is 27.6. The molecule has 0 bridgehead atoms. The van der Waals surface area contributed by atoms with Crippen LogP contribution in [0.4, 0.5) is 11.4 Å². The van der Waals surface area contributed by atoms with E-state index in [4.69, 9.17) is 9.47 Å². The zero-order chi connectivity index (χ0) is 27.3. The van der Waals surface area contributed by atoms with E-state index in [2.05, 4.69) is 5.32 Å². The monoisotopic (exact) mass is 559 g/mol. The Morgan fingerprint density at radius 1 is 0.947 bits per heavy atom. The summed E-state index contributed by atoms with van der Waals surface area (Å²) in [7, 11) is -6.54. The van der Waals surface area contributed by atoms with Crippen molar-refractivity contribution >= 4 is 37.3 Å². The van der Waals surface area contributed by atoms with E-state index >= 15 is 0 Å². The maximum absolute atomic E-state index is 13.5. The van der Waals surface area contributed by atoms with E-state index in [0.717, 1.165) is 9.87 Å². The van der Waals surface area contributed by atoms with E-state index in [1.807, 2.05) is 13.0 Å². The molecular weight excluding hydrogens is 530 g/mol. The molecule has 3 aromatic carbocycles. The zero-order valence-corrected chi connectivity index (χ0v) is 22.7. The Hall–Kier alpha value is -3.45. The summed E-state index contributed by atoms with van der Waals surface area (Å²) in [4.78, 5) is 13.2. The summed E-state index contributed by atoms with van der Waals surface area (Å²) in [5.41, 5.74) is 1.24. The van der Waals surface area contributed by atoms with Crippen LogP contribution in [-0.4, -0.2) is 67.0 Å². The minimum Gasteiger partial charge on any atom is -0.495 e. The van der Waals surface area contributed by atoms with E-state index in [1.54, 1.807) is 36.4 Å². The SMILES string of the molecule is COc1ccc(S(=O)(=O)N2CCOCC2)cc1NC(=O)CN(c1cccc(C)c1)S(=O)(=O)c1ccccc1. The van der Waals surface area contributed by atoms with Gasteiger partial charge in [0.25, 0.3) is 10.0 Å². The third-order valence-corrected chi connectivity index (χ3v) is 9.64. The van der Waals surface area contributed by atoms with Crippen LogP contribution in [0.1, 0.15) is 5.56 Å². The molecule has 1 saturated heterocycles. The molecular formula is C26H29N3O7S2.